The van der Waals surface area contributed by atoms with Gasteiger partial charge in [-0.1, -0.05) is 13.8 Å². The van der Waals surface area contributed by atoms with Gasteiger partial charge in [-0.05, 0) is 12.1 Å². The van der Waals surface area contributed by atoms with Gasteiger partial charge < -0.3 is 9.72 Å². The summed E-state index contributed by atoms with van der Waals surface area (Å²) in [6.07, 6.45) is 0. The Morgan fingerprint density at radius 1 is 1.44 bits per heavy atom. The SMILES string of the molecule is COc1ccc2c(C#N)c(C(=O)C(C)C)[nH]c2c1. The van der Waals surface area contributed by atoms with Crippen molar-refractivity contribution < 1.29 is 9.53 Å². The van der Waals surface area contributed by atoms with Crippen LogP contribution in [0.2, 0.25) is 0 Å². The predicted octanol–water partition coefficient (Wildman–Crippen LogP) is 2.89. The molecular weight excluding hydrogens is 228 g/mol. The van der Waals surface area contributed by atoms with Gasteiger partial charge in [-0.3, -0.25) is 4.79 Å². The lowest BCUT2D eigenvalue weighted by Gasteiger charge is -2.01. The Labute approximate surface area is 105 Å². The van der Waals surface area contributed by atoms with Crippen molar-refractivity contribution in [3.63, 3.8) is 0 Å². The van der Waals surface area contributed by atoms with Crippen LogP contribution in [-0.2, 0) is 0 Å². The summed E-state index contributed by atoms with van der Waals surface area (Å²) < 4.78 is 5.13. The largest absolute Gasteiger partial charge is 0.497 e. The normalized spacial score (nSPS) is 10.6. The van der Waals surface area contributed by atoms with Gasteiger partial charge in [0.25, 0.3) is 0 Å². The van der Waals surface area contributed by atoms with Crippen LogP contribution >= 0.6 is 0 Å². The van der Waals surface area contributed by atoms with Crippen LogP contribution in [-0.4, -0.2) is 17.9 Å². The number of benzene rings is 1. The van der Waals surface area contributed by atoms with Crippen LogP contribution in [0.1, 0.15) is 29.9 Å². The Kier molecular flexibility index (Phi) is 3.07. The number of methoxy groups -OCH3 is 1. The van der Waals surface area contributed by atoms with E-state index in [4.69, 9.17) is 4.74 Å². The number of hydrogen-bond acceptors (Lipinski definition) is 3. The molecule has 92 valence electrons. The molecule has 0 aliphatic carbocycles. The van der Waals surface area contributed by atoms with Gasteiger partial charge in [0.05, 0.1) is 18.2 Å². The van der Waals surface area contributed by atoms with Crippen LogP contribution in [0.25, 0.3) is 10.9 Å². The minimum Gasteiger partial charge on any atom is -0.497 e. The number of nitrogens with one attached hydrogen (secondary N) is 1. The third-order valence-corrected chi connectivity index (χ3v) is 2.89. The first-order valence-corrected chi connectivity index (χ1v) is 5.72. The van der Waals surface area contributed by atoms with Gasteiger partial charge in [0.15, 0.2) is 5.78 Å². The Hall–Kier alpha value is -2.28. The Bertz CT molecular complexity index is 648. The quantitative estimate of drug-likeness (QED) is 0.841. The molecule has 0 spiro atoms. The summed E-state index contributed by atoms with van der Waals surface area (Å²) >= 11 is 0. The number of carbonyl (C=O) groups excluding carboxylic acids is 1. The van der Waals surface area contributed by atoms with E-state index in [0.717, 1.165) is 10.9 Å². The number of ether oxygens (including phenoxy) is 1. The lowest BCUT2D eigenvalue weighted by Crippen LogP contribution is -2.09. The average molecular weight is 242 g/mol. The van der Waals surface area contributed by atoms with Crippen molar-refractivity contribution in [1.29, 1.82) is 5.26 Å². The van der Waals surface area contributed by atoms with Gasteiger partial charge in [-0.25, -0.2) is 0 Å². The summed E-state index contributed by atoms with van der Waals surface area (Å²) in [5.41, 5.74) is 1.54. The number of H-pyrrole nitrogens is 1. The number of hydrogen-bond donors (Lipinski definition) is 1. The van der Waals surface area contributed by atoms with Crippen LogP contribution in [0, 0.1) is 17.2 Å². The van der Waals surface area contributed by atoms with Crippen molar-refractivity contribution in [2.45, 2.75) is 13.8 Å². The zero-order valence-electron chi connectivity index (χ0n) is 10.6. The fourth-order valence-electron chi connectivity index (χ4n) is 1.89. The fourth-order valence-corrected chi connectivity index (χ4v) is 1.89. The molecule has 0 amide bonds. The highest BCUT2D eigenvalue weighted by molar-refractivity contribution is 6.04. The number of nitriles is 1. The first kappa shape index (κ1) is 12.2. The van der Waals surface area contributed by atoms with Gasteiger partial charge in [0, 0.05) is 17.4 Å². The van der Waals surface area contributed by atoms with Crippen molar-refractivity contribution in [3.8, 4) is 11.8 Å². The molecule has 0 bridgehead atoms. The molecule has 0 saturated carbocycles. The average Bonchev–Trinajstić information content (AvgIpc) is 2.74. The summed E-state index contributed by atoms with van der Waals surface area (Å²) in [4.78, 5) is 15.1. The monoisotopic (exact) mass is 242 g/mol. The van der Waals surface area contributed by atoms with E-state index in [1.165, 1.54) is 0 Å². The number of carbonyl (C=O) groups is 1. The molecule has 0 fully saturated rings. The van der Waals surface area contributed by atoms with E-state index in [-0.39, 0.29) is 11.7 Å². The predicted molar refractivity (Wildman–Crippen MR) is 68.7 cm³/mol. The lowest BCUT2D eigenvalue weighted by molar-refractivity contribution is 0.0935. The number of aromatic nitrogens is 1. The molecule has 1 heterocycles. The molecule has 0 aliphatic heterocycles. The second-order valence-electron chi connectivity index (χ2n) is 4.42. The zero-order chi connectivity index (χ0) is 13.3. The van der Waals surface area contributed by atoms with Crippen molar-refractivity contribution in [2.75, 3.05) is 7.11 Å². The van der Waals surface area contributed by atoms with Gasteiger partial charge >= 0.3 is 0 Å². The summed E-state index contributed by atoms with van der Waals surface area (Å²) in [6, 6.07) is 7.45. The maximum Gasteiger partial charge on any atom is 0.182 e. The van der Waals surface area contributed by atoms with Gasteiger partial charge in [0.2, 0.25) is 0 Å². The van der Waals surface area contributed by atoms with E-state index in [1.807, 2.05) is 13.8 Å². The van der Waals surface area contributed by atoms with Crippen molar-refractivity contribution in [3.05, 3.63) is 29.5 Å². The standard InChI is InChI=1S/C14H14N2O2/c1-8(2)14(17)13-11(7-15)10-5-4-9(18-3)6-12(10)16-13/h4-6,8,16H,1-3H3. The molecule has 1 aromatic heterocycles. The number of rotatable bonds is 3. The molecular formula is C14H14N2O2. The molecule has 0 atom stereocenters. The van der Waals surface area contributed by atoms with Crippen molar-refractivity contribution in [2.24, 2.45) is 5.92 Å². The third kappa shape index (κ3) is 1.84. The van der Waals surface area contributed by atoms with Crippen LogP contribution in [0.5, 0.6) is 5.75 Å². The molecule has 0 aliphatic rings. The second kappa shape index (κ2) is 4.53. The smallest absolute Gasteiger partial charge is 0.182 e. The van der Waals surface area contributed by atoms with E-state index >= 15 is 0 Å². The zero-order valence-corrected chi connectivity index (χ0v) is 10.6. The Morgan fingerprint density at radius 2 is 2.17 bits per heavy atom. The Morgan fingerprint density at radius 3 is 2.72 bits per heavy atom. The van der Waals surface area contributed by atoms with Crippen LogP contribution in [0.3, 0.4) is 0 Å². The fraction of sp³-hybridized carbons (Fsp3) is 0.286. The third-order valence-electron chi connectivity index (χ3n) is 2.89. The van der Waals surface area contributed by atoms with E-state index in [2.05, 4.69) is 11.1 Å². The van der Waals surface area contributed by atoms with E-state index in [9.17, 15) is 10.1 Å². The molecule has 1 N–H and O–H groups in total. The minimum atomic E-state index is -0.146. The van der Waals surface area contributed by atoms with E-state index in [0.29, 0.717) is 17.0 Å². The highest BCUT2D eigenvalue weighted by Crippen LogP contribution is 2.27. The molecule has 2 rings (SSSR count). The molecule has 0 radical (unpaired) electrons. The molecule has 0 saturated heterocycles. The number of aromatic amines is 1. The van der Waals surface area contributed by atoms with Gasteiger partial charge in [-0.15, -0.1) is 0 Å². The maximum atomic E-state index is 12.0. The molecule has 4 heteroatoms. The van der Waals surface area contributed by atoms with E-state index < -0.39 is 0 Å². The maximum absolute atomic E-state index is 12.0. The molecule has 4 nitrogen and oxygen atoms in total. The summed E-state index contributed by atoms with van der Waals surface area (Å²) in [6.45, 7) is 3.63. The number of ketones is 1. The molecule has 0 unspecified atom stereocenters. The van der Waals surface area contributed by atoms with Crippen LogP contribution in [0.15, 0.2) is 18.2 Å². The molecule has 2 aromatic rings. The highest BCUT2D eigenvalue weighted by Gasteiger charge is 2.20. The molecule has 1 aromatic carbocycles. The summed E-state index contributed by atoms with van der Waals surface area (Å²) in [5.74, 6) is 0.491. The first-order valence-electron chi connectivity index (χ1n) is 5.72. The number of Topliss-reactive ketones (excluding diaryl/α,β-unsaturated/α-hetero) is 1. The van der Waals surface area contributed by atoms with Gasteiger partial charge in [-0.2, -0.15) is 5.26 Å². The number of nitrogens with zero attached hydrogens (tertiary/aromatic N) is 1. The Balaban J connectivity index is 2.69. The lowest BCUT2D eigenvalue weighted by atomic mass is 10.0. The van der Waals surface area contributed by atoms with Crippen LogP contribution in [0.4, 0.5) is 0 Å². The van der Waals surface area contributed by atoms with Crippen molar-refractivity contribution in [1.82, 2.24) is 4.98 Å². The first-order chi connectivity index (χ1) is 8.58. The van der Waals surface area contributed by atoms with Crippen molar-refractivity contribution >= 4 is 16.7 Å². The highest BCUT2D eigenvalue weighted by atomic mass is 16.5. The molecule has 18 heavy (non-hydrogen) atoms. The van der Waals surface area contributed by atoms with Gasteiger partial charge in [0.1, 0.15) is 17.5 Å². The minimum absolute atomic E-state index is 0.0540. The van der Waals surface area contributed by atoms with Crippen LogP contribution < -0.4 is 4.74 Å². The number of fused-ring (bicyclic) bond motifs is 1. The van der Waals surface area contributed by atoms with E-state index in [1.54, 1.807) is 25.3 Å². The second-order valence-corrected chi connectivity index (χ2v) is 4.42. The topological polar surface area (TPSA) is 65.9 Å². The summed E-state index contributed by atoms with van der Waals surface area (Å²) in [5, 5.41) is 9.96. The summed E-state index contributed by atoms with van der Waals surface area (Å²) in [7, 11) is 1.58.